The fraction of sp³-hybridized carbons (Fsp3) is 0. The van der Waals surface area contributed by atoms with Crippen molar-refractivity contribution in [1.29, 1.82) is 0 Å². The maximum Gasteiger partial charge on any atom is 0.0541 e. The van der Waals surface area contributed by atoms with E-state index in [1.54, 1.807) is 0 Å². The van der Waals surface area contributed by atoms with Crippen molar-refractivity contribution in [2.24, 2.45) is 0 Å². The Hall–Kier alpha value is -9.24. The highest BCUT2D eigenvalue weighted by Gasteiger charge is 2.19. The molecule has 2 heteroatoms. The normalized spacial score (nSPS) is 11.7. The van der Waals surface area contributed by atoms with Gasteiger partial charge in [0.25, 0.3) is 0 Å². The first kappa shape index (κ1) is 39.9. The number of rotatable bonds is 7. The summed E-state index contributed by atoms with van der Waals surface area (Å²) in [5.41, 5.74) is 19.3. The van der Waals surface area contributed by atoms with Crippen LogP contribution in [-0.4, -0.2) is 9.13 Å². The zero-order chi connectivity index (χ0) is 46.1. The largest absolute Gasteiger partial charge is 0.309 e. The van der Waals surface area contributed by atoms with Crippen LogP contribution in [0, 0.1) is 0 Å². The molecule has 14 aromatic rings. The summed E-state index contributed by atoms with van der Waals surface area (Å²) in [7, 11) is 0. The quantitative estimate of drug-likeness (QED) is 0.141. The summed E-state index contributed by atoms with van der Waals surface area (Å²) in [6.45, 7) is 0. The molecule has 0 saturated carbocycles. The second-order valence-corrected chi connectivity index (χ2v) is 18.4. The van der Waals surface area contributed by atoms with Crippen LogP contribution < -0.4 is 0 Å². The summed E-state index contributed by atoms with van der Waals surface area (Å²) < 4.78 is 4.81. The van der Waals surface area contributed by atoms with Gasteiger partial charge in [-0.25, -0.2) is 0 Å². The summed E-state index contributed by atoms with van der Waals surface area (Å²) in [4.78, 5) is 0. The van der Waals surface area contributed by atoms with Gasteiger partial charge in [0.15, 0.2) is 0 Å². The minimum absolute atomic E-state index is 1.14. The van der Waals surface area contributed by atoms with E-state index in [0.29, 0.717) is 0 Å². The van der Waals surface area contributed by atoms with Crippen LogP contribution in [0.4, 0.5) is 0 Å². The van der Waals surface area contributed by atoms with Gasteiger partial charge in [0, 0.05) is 32.9 Å². The zero-order valence-electron chi connectivity index (χ0n) is 38.3. The lowest BCUT2D eigenvalue weighted by atomic mass is 9.85. The van der Waals surface area contributed by atoms with Crippen molar-refractivity contribution < 1.29 is 0 Å². The minimum atomic E-state index is 1.14. The molecular formula is C68H44N2. The first-order valence-electron chi connectivity index (χ1n) is 24.2. The van der Waals surface area contributed by atoms with Crippen LogP contribution in [0.2, 0.25) is 0 Å². The number of hydrogen-bond acceptors (Lipinski definition) is 0. The van der Waals surface area contributed by atoms with Gasteiger partial charge in [0.1, 0.15) is 0 Å². The van der Waals surface area contributed by atoms with Gasteiger partial charge < -0.3 is 9.13 Å². The SMILES string of the molecule is c1ccc(-c2ccccc2-c2ccc(-c3c4ccccc4c(-c4ccc(-n5c6ccccc6c6cc(-c7ccc8c(c7)c7ccccc7n8-c7ccccc7)ccc65)cc4)c4ccccc34)cc2)cc1. The van der Waals surface area contributed by atoms with Crippen molar-refractivity contribution in [3.8, 4) is 67.0 Å². The van der Waals surface area contributed by atoms with Crippen molar-refractivity contribution in [2.45, 2.75) is 0 Å². The van der Waals surface area contributed by atoms with E-state index in [0.717, 1.165) is 5.69 Å². The van der Waals surface area contributed by atoms with E-state index >= 15 is 0 Å². The van der Waals surface area contributed by atoms with Gasteiger partial charge in [0.2, 0.25) is 0 Å². The topological polar surface area (TPSA) is 9.86 Å². The Morgan fingerprint density at radius 3 is 0.971 bits per heavy atom. The van der Waals surface area contributed by atoms with Crippen molar-refractivity contribution in [3.05, 3.63) is 267 Å². The standard InChI is InChI=1S/C68H44N2/c1-3-17-45(18-4-1)53-21-7-8-22-54(53)46-31-33-47(34-32-46)67-57-25-9-11-27-59(57)68(60-28-12-10-26-58(60)67)48-35-39-52(40-36-48)70-64-30-16-14-24-56(64)62-44-50(38-42-66(62)70)49-37-41-65-61(43-49)55-23-13-15-29-63(55)69(65)51-19-5-2-6-20-51/h1-44H. The van der Waals surface area contributed by atoms with E-state index in [1.165, 1.54) is 126 Å². The molecule has 12 aromatic carbocycles. The number of para-hydroxylation sites is 3. The first-order chi connectivity index (χ1) is 34.7. The van der Waals surface area contributed by atoms with Crippen molar-refractivity contribution >= 4 is 65.2 Å². The summed E-state index contributed by atoms with van der Waals surface area (Å²) in [5, 5.41) is 9.98. The van der Waals surface area contributed by atoms with E-state index in [2.05, 4.69) is 276 Å². The van der Waals surface area contributed by atoms with Crippen molar-refractivity contribution in [1.82, 2.24) is 9.13 Å². The molecule has 0 bridgehead atoms. The molecule has 0 radical (unpaired) electrons. The maximum atomic E-state index is 2.43. The van der Waals surface area contributed by atoms with Crippen molar-refractivity contribution in [2.75, 3.05) is 0 Å². The van der Waals surface area contributed by atoms with Gasteiger partial charge in [0.05, 0.1) is 22.1 Å². The molecule has 326 valence electrons. The predicted octanol–water partition coefficient (Wildman–Crippen LogP) is 18.5. The highest BCUT2D eigenvalue weighted by atomic mass is 15.0. The Bertz CT molecular complexity index is 4250. The average Bonchev–Trinajstić information content (AvgIpc) is 3.95. The van der Waals surface area contributed by atoms with E-state index in [-0.39, 0.29) is 0 Å². The van der Waals surface area contributed by atoms with Crippen LogP contribution >= 0.6 is 0 Å². The Morgan fingerprint density at radius 2 is 0.500 bits per heavy atom. The van der Waals surface area contributed by atoms with Crippen LogP contribution in [0.25, 0.3) is 132 Å². The smallest absolute Gasteiger partial charge is 0.0541 e. The van der Waals surface area contributed by atoms with E-state index in [4.69, 9.17) is 0 Å². The minimum Gasteiger partial charge on any atom is -0.309 e. The third-order valence-corrected chi connectivity index (χ3v) is 14.5. The van der Waals surface area contributed by atoms with Gasteiger partial charge in [-0.3, -0.25) is 0 Å². The monoisotopic (exact) mass is 888 g/mol. The molecule has 14 rings (SSSR count). The van der Waals surface area contributed by atoms with E-state index in [9.17, 15) is 0 Å². The molecule has 0 amide bonds. The second-order valence-electron chi connectivity index (χ2n) is 18.4. The van der Waals surface area contributed by atoms with Gasteiger partial charge in [-0.15, -0.1) is 0 Å². The van der Waals surface area contributed by atoms with Crippen LogP contribution in [0.3, 0.4) is 0 Å². The number of hydrogen-bond donors (Lipinski definition) is 0. The Labute approximate surface area is 406 Å². The molecule has 2 aromatic heterocycles. The molecule has 0 unspecified atom stereocenters. The summed E-state index contributed by atoms with van der Waals surface area (Å²) in [5.74, 6) is 0. The highest BCUT2D eigenvalue weighted by molar-refractivity contribution is 6.21. The Balaban J connectivity index is 0.854. The summed E-state index contributed by atoms with van der Waals surface area (Å²) >= 11 is 0. The van der Waals surface area contributed by atoms with E-state index < -0.39 is 0 Å². The molecule has 0 fully saturated rings. The first-order valence-corrected chi connectivity index (χ1v) is 24.2. The van der Waals surface area contributed by atoms with Gasteiger partial charge in [-0.05, 0) is 138 Å². The van der Waals surface area contributed by atoms with Crippen LogP contribution in [0.5, 0.6) is 0 Å². The lowest BCUT2D eigenvalue weighted by Crippen LogP contribution is -1.95. The lowest BCUT2D eigenvalue weighted by Gasteiger charge is -2.18. The molecular weight excluding hydrogens is 845 g/mol. The van der Waals surface area contributed by atoms with Gasteiger partial charge in [-0.1, -0.05) is 206 Å². The highest BCUT2D eigenvalue weighted by Crippen LogP contribution is 2.45. The molecule has 0 spiro atoms. The number of benzene rings is 12. The predicted molar refractivity (Wildman–Crippen MR) is 297 cm³/mol. The van der Waals surface area contributed by atoms with E-state index in [1.807, 2.05) is 0 Å². The second kappa shape index (κ2) is 16.2. The third kappa shape index (κ3) is 6.35. The Kier molecular flexibility index (Phi) is 9.25. The molecule has 2 heterocycles. The van der Waals surface area contributed by atoms with Crippen LogP contribution in [0.1, 0.15) is 0 Å². The summed E-state index contributed by atoms with van der Waals surface area (Å²) in [6, 6.07) is 97.9. The molecule has 0 aliphatic rings. The molecule has 2 nitrogen and oxygen atoms in total. The molecule has 0 aliphatic carbocycles. The molecule has 0 N–H and O–H groups in total. The van der Waals surface area contributed by atoms with Crippen LogP contribution in [0.15, 0.2) is 267 Å². The molecule has 0 aliphatic heterocycles. The van der Waals surface area contributed by atoms with Crippen LogP contribution in [-0.2, 0) is 0 Å². The molecule has 70 heavy (non-hydrogen) atoms. The average molecular weight is 889 g/mol. The maximum absolute atomic E-state index is 2.43. The lowest BCUT2D eigenvalue weighted by molar-refractivity contribution is 1.18. The zero-order valence-corrected chi connectivity index (χ0v) is 38.3. The van der Waals surface area contributed by atoms with Gasteiger partial charge >= 0.3 is 0 Å². The third-order valence-electron chi connectivity index (χ3n) is 14.5. The molecule has 0 atom stereocenters. The fourth-order valence-electron chi connectivity index (χ4n) is 11.4. The number of fused-ring (bicyclic) bond motifs is 8. The summed E-state index contributed by atoms with van der Waals surface area (Å²) in [6.07, 6.45) is 0. The number of nitrogens with zero attached hydrogens (tertiary/aromatic N) is 2. The number of aromatic nitrogens is 2. The Morgan fingerprint density at radius 1 is 0.186 bits per heavy atom. The van der Waals surface area contributed by atoms with Crippen molar-refractivity contribution in [3.63, 3.8) is 0 Å². The van der Waals surface area contributed by atoms with Gasteiger partial charge in [-0.2, -0.15) is 0 Å². The fourth-order valence-corrected chi connectivity index (χ4v) is 11.4. The molecule has 0 saturated heterocycles.